The van der Waals surface area contributed by atoms with Crippen LogP contribution in [0.5, 0.6) is 0 Å². The smallest absolute Gasteiger partial charge is 0.253 e. The number of benzene rings is 2. The number of hydrogen-bond acceptors (Lipinski definition) is 8. The number of para-hydroxylation sites is 1. The van der Waals surface area contributed by atoms with Crippen molar-refractivity contribution in [2.24, 2.45) is 13.0 Å². The van der Waals surface area contributed by atoms with E-state index in [0.717, 1.165) is 22.0 Å². The maximum Gasteiger partial charge on any atom is 0.253 e. The summed E-state index contributed by atoms with van der Waals surface area (Å²) in [5.74, 6) is 1.22. The standard InChI is InChI=1S/C34H41N11O3/c1-21(2)18-28-32-36-22(3)40-45(32)17-16-44(34(48)24-13-11-23(12-14-24)31-39-42-43(4)41-31)15-7-10-30(46)37-29(33(47)38-28)19-25-20-35-27-9-6-5-8-26(25)27/h5-6,8-9,11-14,20-21,28-29,35H,7,10,15-19H2,1-4H3,(H,37,46)(H,38,47)/t28-,29+/m0/s1. The fourth-order valence-corrected chi connectivity index (χ4v) is 6.17. The van der Waals surface area contributed by atoms with E-state index in [1.54, 1.807) is 40.9 Å². The molecule has 48 heavy (non-hydrogen) atoms. The average Bonchev–Trinajstić information content (AvgIpc) is 3.79. The molecule has 6 rings (SSSR count). The molecule has 5 aromatic rings. The lowest BCUT2D eigenvalue weighted by Crippen LogP contribution is -2.49. The number of carbonyl (C=O) groups is 3. The van der Waals surface area contributed by atoms with Gasteiger partial charge in [-0.25, -0.2) is 9.67 Å². The number of rotatable bonds is 6. The van der Waals surface area contributed by atoms with Crippen molar-refractivity contribution in [2.45, 2.75) is 65.1 Å². The minimum atomic E-state index is -0.813. The quantitative estimate of drug-likeness (QED) is 0.252. The number of fused-ring (bicyclic) bond motifs is 2. The molecule has 2 atom stereocenters. The van der Waals surface area contributed by atoms with Crippen molar-refractivity contribution in [1.29, 1.82) is 0 Å². The number of amides is 3. The van der Waals surface area contributed by atoms with Crippen LogP contribution in [0, 0.1) is 12.8 Å². The number of H-pyrrole nitrogens is 1. The Morgan fingerprint density at radius 3 is 2.52 bits per heavy atom. The Labute approximate surface area is 278 Å². The van der Waals surface area contributed by atoms with E-state index in [9.17, 15) is 14.4 Å². The van der Waals surface area contributed by atoms with Gasteiger partial charge in [0.2, 0.25) is 17.6 Å². The first-order valence-electron chi connectivity index (χ1n) is 16.3. The van der Waals surface area contributed by atoms with E-state index in [1.165, 1.54) is 4.80 Å². The first kappa shape index (κ1) is 32.5. The van der Waals surface area contributed by atoms with Gasteiger partial charge < -0.3 is 20.5 Å². The van der Waals surface area contributed by atoms with Crippen LogP contribution in [-0.4, -0.2) is 81.7 Å². The first-order chi connectivity index (χ1) is 23.1. The molecule has 1 aliphatic rings. The lowest BCUT2D eigenvalue weighted by Gasteiger charge is -2.27. The third kappa shape index (κ3) is 7.42. The topological polar surface area (TPSA) is 169 Å². The van der Waals surface area contributed by atoms with E-state index in [-0.39, 0.29) is 30.1 Å². The van der Waals surface area contributed by atoms with Gasteiger partial charge in [0.1, 0.15) is 17.7 Å². The minimum absolute atomic E-state index is 0.155. The molecule has 0 saturated carbocycles. The highest BCUT2D eigenvalue weighted by Gasteiger charge is 2.29. The summed E-state index contributed by atoms with van der Waals surface area (Å²) in [5, 5.41) is 24.0. The number of tetrazole rings is 1. The van der Waals surface area contributed by atoms with Crippen molar-refractivity contribution in [3.05, 3.63) is 77.5 Å². The second-order valence-electron chi connectivity index (χ2n) is 12.7. The Kier molecular flexibility index (Phi) is 9.60. The van der Waals surface area contributed by atoms with Gasteiger partial charge in [-0.15, -0.1) is 10.2 Å². The minimum Gasteiger partial charge on any atom is -0.361 e. The fourth-order valence-electron chi connectivity index (χ4n) is 6.17. The Hall–Kier alpha value is -5.40. The van der Waals surface area contributed by atoms with Crippen molar-refractivity contribution in [1.82, 2.24) is 55.5 Å². The lowest BCUT2D eigenvalue weighted by molar-refractivity contribution is -0.129. The van der Waals surface area contributed by atoms with Crippen LogP contribution in [0.15, 0.2) is 54.7 Å². The molecule has 14 heteroatoms. The highest BCUT2D eigenvalue weighted by molar-refractivity contribution is 5.95. The molecule has 0 fully saturated rings. The number of aromatic nitrogens is 8. The predicted molar refractivity (Wildman–Crippen MR) is 178 cm³/mol. The van der Waals surface area contributed by atoms with Gasteiger partial charge in [0.25, 0.3) is 5.91 Å². The molecule has 0 spiro atoms. The normalized spacial score (nSPS) is 18.0. The molecule has 3 N–H and O–H groups in total. The van der Waals surface area contributed by atoms with Crippen molar-refractivity contribution in [3.8, 4) is 11.4 Å². The second-order valence-corrected chi connectivity index (χ2v) is 12.7. The molecule has 0 radical (unpaired) electrons. The first-order valence-corrected chi connectivity index (χ1v) is 16.3. The van der Waals surface area contributed by atoms with Crippen molar-refractivity contribution in [3.63, 3.8) is 0 Å². The summed E-state index contributed by atoms with van der Waals surface area (Å²) >= 11 is 0. The number of hydrogen-bond donors (Lipinski definition) is 3. The largest absolute Gasteiger partial charge is 0.361 e. The van der Waals surface area contributed by atoms with Crippen molar-refractivity contribution >= 4 is 28.6 Å². The van der Waals surface area contributed by atoms with E-state index >= 15 is 0 Å². The Morgan fingerprint density at radius 2 is 1.77 bits per heavy atom. The molecule has 0 saturated heterocycles. The number of aromatic amines is 1. The SMILES string of the molecule is Cc1nc2n(n1)CCN(C(=O)c1ccc(-c3nnn(C)n3)cc1)CCCC(=O)N[C@H](Cc1c[nH]c3ccccc13)C(=O)N[C@H]2CC(C)C. The summed E-state index contributed by atoms with van der Waals surface area (Å²) in [5.41, 5.74) is 3.16. The van der Waals surface area contributed by atoms with Gasteiger partial charge in [-0.3, -0.25) is 14.4 Å². The van der Waals surface area contributed by atoms with Crippen LogP contribution in [-0.2, 0) is 29.6 Å². The molecular weight excluding hydrogens is 610 g/mol. The summed E-state index contributed by atoms with van der Waals surface area (Å²) in [6.07, 6.45) is 3.39. The van der Waals surface area contributed by atoms with Gasteiger partial charge in [-0.05, 0) is 54.7 Å². The second kappa shape index (κ2) is 14.2. The Bertz CT molecular complexity index is 1910. The lowest BCUT2D eigenvalue weighted by atomic mass is 10.0. The molecule has 14 nitrogen and oxygen atoms in total. The third-order valence-corrected chi connectivity index (χ3v) is 8.49. The number of carbonyl (C=O) groups excluding carboxylic acids is 3. The van der Waals surface area contributed by atoms with E-state index in [0.29, 0.717) is 61.9 Å². The molecule has 3 amide bonds. The zero-order valence-corrected chi connectivity index (χ0v) is 27.7. The van der Waals surface area contributed by atoms with Gasteiger partial charge in [0.05, 0.1) is 19.6 Å². The van der Waals surface area contributed by atoms with Crippen LogP contribution in [0.25, 0.3) is 22.3 Å². The molecule has 1 aliphatic heterocycles. The van der Waals surface area contributed by atoms with E-state index in [4.69, 9.17) is 4.98 Å². The van der Waals surface area contributed by atoms with Crippen LogP contribution in [0.1, 0.15) is 66.7 Å². The zero-order valence-electron chi connectivity index (χ0n) is 27.7. The van der Waals surface area contributed by atoms with E-state index < -0.39 is 12.1 Å². The van der Waals surface area contributed by atoms with Crippen LogP contribution in [0.2, 0.25) is 0 Å². The van der Waals surface area contributed by atoms with Crippen LogP contribution in [0.4, 0.5) is 0 Å². The van der Waals surface area contributed by atoms with Crippen molar-refractivity contribution in [2.75, 3.05) is 13.1 Å². The van der Waals surface area contributed by atoms with E-state index in [1.807, 2.05) is 37.4 Å². The molecule has 0 unspecified atom stereocenters. The van der Waals surface area contributed by atoms with Gasteiger partial charge in [-0.2, -0.15) is 9.90 Å². The van der Waals surface area contributed by atoms with Gasteiger partial charge in [0, 0.05) is 54.2 Å². The summed E-state index contributed by atoms with van der Waals surface area (Å²) in [4.78, 5) is 52.3. The zero-order chi connectivity index (χ0) is 33.8. The number of nitrogens with one attached hydrogen (secondary N) is 3. The van der Waals surface area contributed by atoms with Gasteiger partial charge in [0.15, 0.2) is 0 Å². The third-order valence-electron chi connectivity index (χ3n) is 8.49. The average molecular weight is 652 g/mol. The molecule has 0 bridgehead atoms. The maximum atomic E-state index is 14.0. The molecule has 2 aromatic carbocycles. The maximum absolute atomic E-state index is 14.0. The summed E-state index contributed by atoms with van der Waals surface area (Å²) in [6, 6.07) is 13.7. The van der Waals surface area contributed by atoms with Crippen LogP contribution >= 0.6 is 0 Å². The Balaban J connectivity index is 1.28. The molecular formula is C34H41N11O3. The summed E-state index contributed by atoms with van der Waals surface area (Å²) < 4.78 is 1.80. The van der Waals surface area contributed by atoms with Crippen molar-refractivity contribution < 1.29 is 14.4 Å². The number of aryl methyl sites for hydroxylation is 2. The van der Waals surface area contributed by atoms with E-state index in [2.05, 4.69) is 50.0 Å². The fraction of sp³-hybridized carbons (Fsp3) is 0.412. The summed E-state index contributed by atoms with van der Waals surface area (Å²) in [6.45, 7) is 7.05. The monoisotopic (exact) mass is 651 g/mol. The highest BCUT2D eigenvalue weighted by atomic mass is 16.2. The Morgan fingerprint density at radius 1 is 0.979 bits per heavy atom. The van der Waals surface area contributed by atoms with Crippen LogP contribution < -0.4 is 10.6 Å². The predicted octanol–water partition coefficient (Wildman–Crippen LogP) is 3.13. The number of nitrogens with zero attached hydrogens (tertiary/aromatic N) is 8. The molecule has 250 valence electrons. The van der Waals surface area contributed by atoms with Gasteiger partial charge in [-0.1, -0.05) is 44.2 Å². The molecule has 0 aliphatic carbocycles. The van der Waals surface area contributed by atoms with Gasteiger partial charge >= 0.3 is 0 Å². The van der Waals surface area contributed by atoms with Crippen LogP contribution in [0.3, 0.4) is 0 Å². The summed E-state index contributed by atoms with van der Waals surface area (Å²) in [7, 11) is 1.69. The molecule has 4 heterocycles. The molecule has 3 aromatic heterocycles. The highest BCUT2D eigenvalue weighted by Crippen LogP contribution is 2.23.